The summed E-state index contributed by atoms with van der Waals surface area (Å²) in [5.41, 5.74) is 0.707. The van der Waals surface area contributed by atoms with Gasteiger partial charge in [-0.05, 0) is 26.1 Å². The molecule has 0 bridgehead atoms. The van der Waals surface area contributed by atoms with Crippen molar-refractivity contribution in [3.05, 3.63) is 35.9 Å². The van der Waals surface area contributed by atoms with E-state index in [0.717, 1.165) is 6.42 Å². The molecule has 149 valence electrons. The molecule has 0 N–H and O–H groups in total. The van der Waals surface area contributed by atoms with Crippen LogP contribution < -0.4 is 0 Å². The molecule has 0 aliphatic heterocycles. The van der Waals surface area contributed by atoms with Gasteiger partial charge in [-0.25, -0.2) is 12.6 Å². The molecule has 0 fully saturated rings. The van der Waals surface area contributed by atoms with E-state index in [0.29, 0.717) is 44.8 Å². The fraction of sp³-hybridized carbons (Fsp3) is 0.526. The van der Waals surface area contributed by atoms with Gasteiger partial charge in [-0.2, -0.15) is 30.3 Å². The largest absolute Gasteiger partial charge is 0.540 e. The van der Waals surface area contributed by atoms with Crippen molar-refractivity contribution in [1.82, 2.24) is 0 Å². The van der Waals surface area contributed by atoms with E-state index < -0.39 is 0 Å². The Morgan fingerprint density at radius 2 is 1.52 bits per heavy atom. The Balaban J connectivity index is -0.000000552. The molecular formula is C19H25O6WY-3. The Labute approximate surface area is 201 Å². The van der Waals surface area contributed by atoms with Crippen molar-refractivity contribution in [3.8, 4) is 0 Å². The Hall–Kier alpha value is -0.0978. The molecule has 1 aromatic carbocycles. The number of hydrogen-bond donors (Lipinski definition) is 0. The molecule has 0 unspecified atom stereocenters. The van der Waals surface area contributed by atoms with Crippen LogP contribution in [0.4, 0.5) is 0 Å². The Morgan fingerprint density at radius 3 is 2.07 bits per heavy atom. The van der Waals surface area contributed by atoms with Crippen molar-refractivity contribution in [2.75, 3.05) is 39.6 Å². The Bertz CT molecular complexity index is 459. The van der Waals surface area contributed by atoms with Crippen LogP contribution in [0.5, 0.6) is 0 Å². The standard InChI is InChI=1S/C14H16O4.C5H9O2.W.Y/c15-8-10-18-12-11-17-9-4-7-14(16)13-5-2-1-3-6-13;1-2-4-7-5-3-6;;/h2-3,5-6H,4,7,9-12H2;2,4-5H2,1H3;;/q-2;-1;;. The second-order valence-electron chi connectivity index (χ2n) is 4.82. The van der Waals surface area contributed by atoms with Gasteiger partial charge in [0.15, 0.2) is 0 Å². The van der Waals surface area contributed by atoms with Crippen LogP contribution in [0, 0.1) is 6.07 Å². The minimum absolute atomic E-state index is 0. The molecule has 1 aromatic rings. The van der Waals surface area contributed by atoms with E-state index in [1.807, 2.05) is 6.92 Å². The minimum atomic E-state index is -0.0210. The van der Waals surface area contributed by atoms with Gasteiger partial charge in [0.05, 0.1) is 13.2 Å². The number of carbonyl (C=O) groups excluding carboxylic acids is 3. The van der Waals surface area contributed by atoms with Crippen molar-refractivity contribution >= 4 is 18.4 Å². The zero-order valence-electron chi connectivity index (χ0n) is 15.6. The average molecular weight is 622 g/mol. The second kappa shape index (κ2) is 25.9. The third-order valence-electron chi connectivity index (χ3n) is 2.78. The van der Waals surface area contributed by atoms with E-state index in [2.05, 4.69) is 6.07 Å². The molecular weight excluding hydrogens is 597 g/mol. The fourth-order valence-corrected chi connectivity index (χ4v) is 1.64. The van der Waals surface area contributed by atoms with Crippen LogP contribution in [0.3, 0.4) is 0 Å². The maximum Gasteiger partial charge on any atom is 0.139 e. The monoisotopic (exact) mass is 622 g/mol. The van der Waals surface area contributed by atoms with Gasteiger partial charge in [-0.1, -0.05) is 12.5 Å². The molecule has 0 atom stereocenters. The first-order chi connectivity index (χ1) is 12.3. The average Bonchev–Trinajstić information content (AvgIpc) is 2.65. The van der Waals surface area contributed by atoms with Gasteiger partial charge in [0.2, 0.25) is 0 Å². The summed E-state index contributed by atoms with van der Waals surface area (Å²) in [6, 6.07) is 9.84. The van der Waals surface area contributed by atoms with E-state index >= 15 is 0 Å². The third kappa shape index (κ3) is 22.1. The number of Topliss-reactive ketones (excluding diaryl/α,β-unsaturated/α-hetero) is 1. The normalized spacial score (nSPS) is 9.07. The van der Waals surface area contributed by atoms with Gasteiger partial charge >= 0.3 is 0 Å². The van der Waals surface area contributed by atoms with Crippen molar-refractivity contribution in [2.24, 2.45) is 0 Å². The van der Waals surface area contributed by atoms with Crippen LogP contribution in [0.15, 0.2) is 24.3 Å². The minimum Gasteiger partial charge on any atom is -0.540 e. The fourth-order valence-electron chi connectivity index (χ4n) is 1.64. The molecule has 0 aromatic heterocycles. The van der Waals surface area contributed by atoms with Crippen LogP contribution in [-0.4, -0.2) is 58.0 Å². The summed E-state index contributed by atoms with van der Waals surface area (Å²) in [7, 11) is 0. The van der Waals surface area contributed by atoms with Crippen LogP contribution in [0.2, 0.25) is 0 Å². The number of ketones is 1. The molecule has 27 heavy (non-hydrogen) atoms. The van der Waals surface area contributed by atoms with Gasteiger partial charge in [-0.3, -0.25) is 4.79 Å². The number of carbonyl (C=O) groups is 1. The topological polar surface area (TPSA) is 78.9 Å². The summed E-state index contributed by atoms with van der Waals surface area (Å²) in [6.07, 6.45) is 5.36. The molecule has 0 aliphatic rings. The van der Waals surface area contributed by atoms with Gasteiger partial charge in [0.1, 0.15) is 5.78 Å². The molecule has 0 amide bonds. The molecule has 0 heterocycles. The molecule has 0 aliphatic carbocycles. The van der Waals surface area contributed by atoms with E-state index in [-0.39, 0.29) is 72.8 Å². The van der Waals surface area contributed by atoms with Crippen molar-refractivity contribution in [3.63, 3.8) is 0 Å². The van der Waals surface area contributed by atoms with Crippen molar-refractivity contribution in [2.45, 2.75) is 26.2 Å². The second-order valence-corrected chi connectivity index (χ2v) is 4.82. The van der Waals surface area contributed by atoms with E-state index in [1.54, 1.807) is 36.8 Å². The number of hydrogen-bond acceptors (Lipinski definition) is 6. The quantitative estimate of drug-likeness (QED) is 0.180. The van der Waals surface area contributed by atoms with E-state index in [9.17, 15) is 14.4 Å². The van der Waals surface area contributed by atoms with Crippen LogP contribution >= 0.6 is 0 Å². The summed E-state index contributed by atoms with van der Waals surface area (Å²) in [5.74, 6) is 0.111. The summed E-state index contributed by atoms with van der Waals surface area (Å²) >= 11 is 0. The first-order valence-corrected chi connectivity index (χ1v) is 8.18. The predicted molar refractivity (Wildman–Crippen MR) is 93.0 cm³/mol. The van der Waals surface area contributed by atoms with Crippen LogP contribution in [0.25, 0.3) is 0 Å². The van der Waals surface area contributed by atoms with E-state index in [1.165, 1.54) is 0 Å². The molecule has 6 nitrogen and oxygen atoms in total. The Morgan fingerprint density at radius 1 is 0.963 bits per heavy atom. The first kappa shape index (κ1) is 31.6. The zero-order chi connectivity index (χ0) is 18.6. The van der Waals surface area contributed by atoms with Crippen LogP contribution in [0.1, 0.15) is 36.5 Å². The zero-order valence-corrected chi connectivity index (χ0v) is 21.4. The Kier molecular flexibility index (Phi) is 30.3. The third-order valence-corrected chi connectivity index (χ3v) is 2.78. The molecule has 1 rings (SSSR count). The SMILES string of the molecule is CCCOC[C-]=O.O=[C-]COCCOCCCC(=O)c1cc[c-]cc1.[W].[Y]. The van der Waals surface area contributed by atoms with Crippen molar-refractivity contribution in [1.29, 1.82) is 0 Å². The number of benzene rings is 1. The molecule has 0 saturated carbocycles. The van der Waals surface area contributed by atoms with E-state index in [4.69, 9.17) is 14.2 Å². The summed E-state index contributed by atoms with van der Waals surface area (Å²) in [6.45, 7) is 4.06. The van der Waals surface area contributed by atoms with Gasteiger partial charge in [0.25, 0.3) is 0 Å². The molecule has 8 heteroatoms. The molecule has 1 radical (unpaired) electrons. The maximum atomic E-state index is 11.7. The van der Waals surface area contributed by atoms with Crippen LogP contribution in [-0.2, 0) is 77.6 Å². The summed E-state index contributed by atoms with van der Waals surface area (Å²) in [5, 5.41) is 0. The molecule has 0 spiro atoms. The predicted octanol–water partition coefficient (Wildman–Crippen LogP) is 2.11. The van der Waals surface area contributed by atoms with Crippen molar-refractivity contribution < 1.29 is 82.4 Å². The first-order valence-electron chi connectivity index (χ1n) is 8.18. The summed E-state index contributed by atoms with van der Waals surface area (Å²) in [4.78, 5) is 30.9. The smallest absolute Gasteiger partial charge is 0.139 e. The summed E-state index contributed by atoms with van der Waals surface area (Å²) < 4.78 is 14.8. The number of ether oxygens (including phenoxy) is 3. The maximum absolute atomic E-state index is 11.7. The van der Waals surface area contributed by atoms with Gasteiger partial charge in [-0.15, -0.1) is 0 Å². The molecule has 0 saturated heterocycles. The number of rotatable bonds is 14. The van der Waals surface area contributed by atoms with Gasteiger partial charge < -0.3 is 23.8 Å². The van der Waals surface area contributed by atoms with Gasteiger partial charge in [0, 0.05) is 73.4 Å².